The second-order valence-corrected chi connectivity index (χ2v) is 1.52. The molecule has 0 heterocycles. The van der Waals surface area contributed by atoms with Crippen LogP contribution in [-0.2, 0) is 0 Å². The molecule has 1 heteroatoms. The second-order valence-electron chi connectivity index (χ2n) is 1.52. The Hall–Kier alpha value is -0.820. The van der Waals surface area contributed by atoms with Crippen LogP contribution in [0.4, 0.5) is 0 Å². The molecule has 0 aromatic rings. The largest absolute Gasteiger partial charge is 0.392 e. The van der Waals surface area contributed by atoms with Crippen molar-refractivity contribution in [3.8, 4) is 0 Å². The fourth-order valence-electron chi connectivity index (χ4n) is 0.379. The number of aliphatic hydroxyl groups excluding tert-OH is 1. The average molecular weight is 124 g/mol. The predicted octanol–water partition coefficient (Wildman–Crippen LogP) is 1.67. The van der Waals surface area contributed by atoms with Gasteiger partial charge < -0.3 is 5.11 Å². The maximum atomic E-state index is 8.28. The van der Waals surface area contributed by atoms with Crippen molar-refractivity contribution < 1.29 is 5.11 Å². The molecule has 0 saturated carbocycles. The van der Waals surface area contributed by atoms with E-state index in [-0.39, 0.29) is 6.61 Å². The van der Waals surface area contributed by atoms with Crippen LogP contribution in [0.5, 0.6) is 0 Å². The average Bonchev–Trinajstić information content (AvgIpc) is 1.89. The van der Waals surface area contributed by atoms with Crippen LogP contribution in [0.25, 0.3) is 0 Å². The number of aliphatic hydroxyl groups is 1. The van der Waals surface area contributed by atoms with Crippen LogP contribution in [0.1, 0.15) is 6.92 Å². The predicted molar refractivity (Wildman–Crippen MR) is 40.2 cm³/mol. The molecule has 0 bridgehead atoms. The number of rotatable bonds is 3. The first-order valence-electron chi connectivity index (χ1n) is 2.97. The molecular formula is C8H12O. The summed E-state index contributed by atoms with van der Waals surface area (Å²) in [7, 11) is 0. The Labute approximate surface area is 56.0 Å². The van der Waals surface area contributed by atoms with Gasteiger partial charge in [-0.25, -0.2) is 0 Å². The lowest BCUT2D eigenvalue weighted by atomic mass is 10.4. The molecule has 0 amide bonds. The minimum atomic E-state index is 0.111. The third kappa shape index (κ3) is 7.18. The van der Waals surface area contributed by atoms with Crippen LogP contribution in [-0.4, -0.2) is 11.7 Å². The summed E-state index contributed by atoms with van der Waals surface area (Å²) in [6.07, 6.45) is 11.1. The summed E-state index contributed by atoms with van der Waals surface area (Å²) in [5.41, 5.74) is 0. The van der Waals surface area contributed by atoms with Gasteiger partial charge in [-0.05, 0) is 6.92 Å². The molecule has 0 aliphatic heterocycles. The smallest absolute Gasteiger partial charge is 0.0615 e. The van der Waals surface area contributed by atoms with Crippen molar-refractivity contribution >= 4 is 0 Å². The van der Waals surface area contributed by atoms with Crippen LogP contribution in [0, 0.1) is 0 Å². The van der Waals surface area contributed by atoms with Gasteiger partial charge in [0.1, 0.15) is 0 Å². The van der Waals surface area contributed by atoms with Gasteiger partial charge in [-0.15, -0.1) is 0 Å². The molecule has 0 spiro atoms. The molecule has 1 nitrogen and oxygen atoms in total. The molecule has 50 valence electrons. The Kier molecular flexibility index (Phi) is 6.53. The number of allylic oxidation sites excluding steroid dienone is 5. The summed E-state index contributed by atoms with van der Waals surface area (Å²) in [5, 5.41) is 8.28. The van der Waals surface area contributed by atoms with Gasteiger partial charge in [0.25, 0.3) is 0 Å². The van der Waals surface area contributed by atoms with Gasteiger partial charge >= 0.3 is 0 Å². The Morgan fingerprint density at radius 1 is 1.11 bits per heavy atom. The van der Waals surface area contributed by atoms with Gasteiger partial charge in [0.05, 0.1) is 6.61 Å². The molecule has 9 heavy (non-hydrogen) atoms. The second kappa shape index (κ2) is 7.18. The maximum absolute atomic E-state index is 8.28. The topological polar surface area (TPSA) is 20.2 Å². The van der Waals surface area contributed by atoms with Crippen molar-refractivity contribution in [3.05, 3.63) is 36.5 Å². The summed E-state index contributed by atoms with van der Waals surface area (Å²) >= 11 is 0. The van der Waals surface area contributed by atoms with Crippen LogP contribution in [0.2, 0.25) is 0 Å². The molecule has 0 atom stereocenters. The van der Waals surface area contributed by atoms with E-state index in [9.17, 15) is 0 Å². The Morgan fingerprint density at radius 3 is 2.33 bits per heavy atom. The standard InChI is InChI=1S/C8H12O/c1-2-3-4-5-6-7-8-9/h2-7,9H,8H2,1H3/b3-2-,5-4-,7-6+. The minimum absolute atomic E-state index is 0.111. The Morgan fingerprint density at radius 2 is 1.78 bits per heavy atom. The van der Waals surface area contributed by atoms with E-state index < -0.39 is 0 Å². The van der Waals surface area contributed by atoms with Crippen molar-refractivity contribution in [2.45, 2.75) is 6.92 Å². The third-order valence-electron chi connectivity index (χ3n) is 0.767. The van der Waals surface area contributed by atoms with Crippen LogP contribution < -0.4 is 0 Å². The van der Waals surface area contributed by atoms with E-state index >= 15 is 0 Å². The van der Waals surface area contributed by atoms with E-state index in [1.807, 2.05) is 31.2 Å². The summed E-state index contributed by atoms with van der Waals surface area (Å²) in [6.45, 7) is 2.07. The number of hydrogen-bond acceptors (Lipinski definition) is 1. The monoisotopic (exact) mass is 124 g/mol. The van der Waals surface area contributed by atoms with Gasteiger partial charge in [-0.1, -0.05) is 36.5 Å². The molecule has 0 aromatic carbocycles. The van der Waals surface area contributed by atoms with E-state index in [4.69, 9.17) is 5.11 Å². The lowest BCUT2D eigenvalue weighted by molar-refractivity contribution is 0.343. The maximum Gasteiger partial charge on any atom is 0.0615 e. The zero-order chi connectivity index (χ0) is 6.95. The summed E-state index contributed by atoms with van der Waals surface area (Å²) in [6, 6.07) is 0. The fourth-order valence-corrected chi connectivity index (χ4v) is 0.379. The van der Waals surface area contributed by atoms with Crippen molar-refractivity contribution in [2.75, 3.05) is 6.61 Å². The van der Waals surface area contributed by atoms with Crippen molar-refractivity contribution in [1.82, 2.24) is 0 Å². The SMILES string of the molecule is C\C=C/C=C\C=C\CO. The first-order valence-corrected chi connectivity index (χ1v) is 2.97. The highest BCUT2D eigenvalue weighted by Crippen LogP contribution is 1.78. The summed E-state index contributed by atoms with van der Waals surface area (Å²) in [5.74, 6) is 0. The van der Waals surface area contributed by atoms with E-state index in [2.05, 4.69) is 0 Å². The van der Waals surface area contributed by atoms with Crippen molar-refractivity contribution in [1.29, 1.82) is 0 Å². The van der Waals surface area contributed by atoms with Crippen molar-refractivity contribution in [3.63, 3.8) is 0 Å². The first kappa shape index (κ1) is 8.18. The normalized spacial score (nSPS) is 12.7. The fraction of sp³-hybridized carbons (Fsp3) is 0.250. The summed E-state index contributed by atoms with van der Waals surface area (Å²) < 4.78 is 0. The van der Waals surface area contributed by atoms with Gasteiger partial charge in [0, 0.05) is 0 Å². The zero-order valence-electron chi connectivity index (χ0n) is 5.62. The lowest BCUT2D eigenvalue weighted by Crippen LogP contribution is -1.66. The van der Waals surface area contributed by atoms with Crippen LogP contribution >= 0.6 is 0 Å². The molecule has 0 aliphatic rings. The van der Waals surface area contributed by atoms with Gasteiger partial charge in [0.2, 0.25) is 0 Å². The van der Waals surface area contributed by atoms with E-state index in [0.29, 0.717) is 0 Å². The zero-order valence-corrected chi connectivity index (χ0v) is 5.62. The van der Waals surface area contributed by atoms with E-state index in [1.165, 1.54) is 0 Å². The first-order chi connectivity index (χ1) is 4.41. The Bertz CT molecular complexity index is 121. The quantitative estimate of drug-likeness (QED) is 0.567. The molecule has 0 unspecified atom stereocenters. The molecule has 0 radical (unpaired) electrons. The minimum Gasteiger partial charge on any atom is -0.392 e. The highest BCUT2D eigenvalue weighted by molar-refractivity contribution is 5.10. The third-order valence-corrected chi connectivity index (χ3v) is 0.767. The molecule has 0 rings (SSSR count). The molecule has 0 aromatic heterocycles. The molecule has 0 fully saturated rings. The number of hydrogen-bond donors (Lipinski definition) is 1. The molecule has 0 aliphatic carbocycles. The summed E-state index contributed by atoms with van der Waals surface area (Å²) in [4.78, 5) is 0. The van der Waals surface area contributed by atoms with Gasteiger partial charge in [0.15, 0.2) is 0 Å². The molecule has 1 N–H and O–H groups in total. The Balaban J connectivity index is 3.35. The van der Waals surface area contributed by atoms with Gasteiger partial charge in [-0.3, -0.25) is 0 Å². The highest BCUT2D eigenvalue weighted by Gasteiger charge is 1.60. The van der Waals surface area contributed by atoms with Crippen molar-refractivity contribution in [2.24, 2.45) is 0 Å². The molecular weight excluding hydrogens is 112 g/mol. The van der Waals surface area contributed by atoms with Gasteiger partial charge in [-0.2, -0.15) is 0 Å². The highest BCUT2D eigenvalue weighted by atomic mass is 16.2. The van der Waals surface area contributed by atoms with Crippen LogP contribution in [0.3, 0.4) is 0 Å². The van der Waals surface area contributed by atoms with Crippen LogP contribution in [0.15, 0.2) is 36.5 Å². The van der Waals surface area contributed by atoms with E-state index in [1.54, 1.807) is 12.2 Å². The molecule has 0 saturated heterocycles. The van der Waals surface area contributed by atoms with E-state index in [0.717, 1.165) is 0 Å². The lowest BCUT2D eigenvalue weighted by Gasteiger charge is -1.73.